The van der Waals surface area contributed by atoms with E-state index in [-0.39, 0.29) is 16.9 Å². The van der Waals surface area contributed by atoms with Crippen molar-refractivity contribution in [3.05, 3.63) is 53.3 Å². The highest BCUT2D eigenvalue weighted by atomic mass is 16.5. The summed E-state index contributed by atoms with van der Waals surface area (Å²) in [6.45, 7) is 8.05. The molecule has 2 aromatic rings. The molecule has 0 radical (unpaired) electrons. The molecule has 1 unspecified atom stereocenters. The molecular formula is C27H37N3O2. The van der Waals surface area contributed by atoms with Gasteiger partial charge in [-0.1, -0.05) is 39.7 Å². The van der Waals surface area contributed by atoms with Crippen LogP contribution in [-0.4, -0.2) is 41.6 Å². The fourth-order valence-corrected chi connectivity index (χ4v) is 6.25. The Hall–Kier alpha value is -2.27. The molecule has 172 valence electrons. The zero-order chi connectivity index (χ0) is 22.5. The summed E-state index contributed by atoms with van der Waals surface area (Å²) in [6, 6.07) is 11.6. The molecule has 32 heavy (non-hydrogen) atoms. The van der Waals surface area contributed by atoms with Crippen LogP contribution in [-0.2, 0) is 11.0 Å². The standard InChI is InChI=1S/C27H37N3O2/c1-26(2,3)20-12-11-19(18-23(20)32-4)25(31)29-16-13-27(14-17-29)24-10-7-15-30(24)22-9-6-5-8-21(22)28-27/h7,10-12,15,18,21-22,28H,5-6,8-9,13-14,16-17H2,1-4H3/t21?,22-/m1/s1. The largest absolute Gasteiger partial charge is 0.496 e. The van der Waals surface area contributed by atoms with E-state index in [9.17, 15) is 4.79 Å². The van der Waals surface area contributed by atoms with Crippen molar-refractivity contribution < 1.29 is 9.53 Å². The van der Waals surface area contributed by atoms with Crippen molar-refractivity contribution in [2.75, 3.05) is 20.2 Å². The SMILES string of the molecule is COc1cc(C(=O)N2CCC3(CC2)NC2CCCC[C@H]2n2cccc23)ccc1C(C)(C)C. The lowest BCUT2D eigenvalue weighted by atomic mass is 9.77. The number of piperidine rings is 1. The van der Waals surface area contributed by atoms with Crippen molar-refractivity contribution in [2.24, 2.45) is 0 Å². The maximum absolute atomic E-state index is 13.4. The summed E-state index contributed by atoms with van der Waals surface area (Å²) >= 11 is 0. The highest BCUT2D eigenvalue weighted by molar-refractivity contribution is 5.95. The van der Waals surface area contributed by atoms with Crippen LogP contribution in [0.2, 0.25) is 0 Å². The highest BCUT2D eigenvalue weighted by Crippen LogP contribution is 2.44. The van der Waals surface area contributed by atoms with Crippen LogP contribution in [0.5, 0.6) is 5.75 Å². The van der Waals surface area contributed by atoms with Crippen molar-refractivity contribution >= 4 is 5.91 Å². The molecule has 5 heteroatoms. The molecule has 0 bridgehead atoms. The highest BCUT2D eigenvalue weighted by Gasteiger charge is 2.46. The second kappa shape index (κ2) is 7.95. The first-order valence-corrected chi connectivity index (χ1v) is 12.3. The molecule has 3 heterocycles. The van der Waals surface area contributed by atoms with E-state index in [2.05, 4.69) is 55.1 Å². The van der Waals surface area contributed by atoms with Gasteiger partial charge in [0.15, 0.2) is 0 Å². The molecule has 1 aromatic carbocycles. The Morgan fingerprint density at radius 2 is 1.88 bits per heavy atom. The number of aromatic nitrogens is 1. The lowest BCUT2D eigenvalue weighted by Gasteiger charge is -2.52. The van der Waals surface area contributed by atoms with Gasteiger partial charge in [0.25, 0.3) is 5.91 Å². The summed E-state index contributed by atoms with van der Waals surface area (Å²) in [7, 11) is 1.69. The van der Waals surface area contributed by atoms with Crippen molar-refractivity contribution in [2.45, 2.75) is 82.3 Å². The smallest absolute Gasteiger partial charge is 0.253 e. The summed E-state index contributed by atoms with van der Waals surface area (Å²) in [5.41, 5.74) is 3.24. The van der Waals surface area contributed by atoms with E-state index < -0.39 is 0 Å². The number of methoxy groups -OCH3 is 1. The minimum absolute atomic E-state index is 0.00737. The topological polar surface area (TPSA) is 46.5 Å². The molecule has 1 saturated carbocycles. The van der Waals surface area contributed by atoms with E-state index in [1.165, 1.54) is 31.4 Å². The number of likely N-dealkylation sites (tertiary alicyclic amines) is 1. The number of ether oxygens (including phenoxy) is 1. The number of hydrogen-bond donors (Lipinski definition) is 1. The van der Waals surface area contributed by atoms with Gasteiger partial charge in [-0.15, -0.1) is 0 Å². The molecule has 5 rings (SSSR count). The van der Waals surface area contributed by atoms with Gasteiger partial charge in [0.1, 0.15) is 5.75 Å². The first kappa shape index (κ1) is 21.6. The molecule has 1 aliphatic carbocycles. The summed E-state index contributed by atoms with van der Waals surface area (Å²) < 4.78 is 8.19. The first-order valence-electron chi connectivity index (χ1n) is 12.3. The van der Waals surface area contributed by atoms with Gasteiger partial charge in [0.05, 0.1) is 12.6 Å². The van der Waals surface area contributed by atoms with Gasteiger partial charge in [-0.25, -0.2) is 0 Å². The molecule has 1 amide bonds. The van der Waals surface area contributed by atoms with Gasteiger partial charge in [-0.2, -0.15) is 0 Å². The lowest BCUT2D eigenvalue weighted by molar-refractivity contribution is 0.0512. The van der Waals surface area contributed by atoms with Gasteiger partial charge < -0.3 is 19.5 Å². The van der Waals surface area contributed by atoms with Crippen molar-refractivity contribution in [3.8, 4) is 5.75 Å². The van der Waals surface area contributed by atoms with Crippen molar-refractivity contribution in [1.29, 1.82) is 0 Å². The van der Waals surface area contributed by atoms with Crippen LogP contribution in [0, 0.1) is 0 Å². The van der Waals surface area contributed by atoms with Crippen LogP contribution in [0.25, 0.3) is 0 Å². The Bertz CT molecular complexity index is 995. The predicted molar refractivity (Wildman–Crippen MR) is 127 cm³/mol. The van der Waals surface area contributed by atoms with Crippen LogP contribution >= 0.6 is 0 Å². The van der Waals surface area contributed by atoms with E-state index in [4.69, 9.17) is 4.74 Å². The number of nitrogens with one attached hydrogen (secondary N) is 1. The third-order valence-electron chi connectivity index (χ3n) is 7.98. The Morgan fingerprint density at radius 3 is 2.59 bits per heavy atom. The maximum atomic E-state index is 13.4. The number of carbonyl (C=O) groups excluding carboxylic acids is 1. The third kappa shape index (κ3) is 3.55. The zero-order valence-corrected chi connectivity index (χ0v) is 20.0. The summed E-state index contributed by atoms with van der Waals surface area (Å²) in [4.78, 5) is 15.4. The van der Waals surface area contributed by atoms with Crippen LogP contribution in [0.3, 0.4) is 0 Å². The minimum Gasteiger partial charge on any atom is -0.496 e. The molecule has 1 saturated heterocycles. The molecule has 1 N–H and O–H groups in total. The van der Waals surface area contributed by atoms with Gasteiger partial charge in [0, 0.05) is 42.6 Å². The van der Waals surface area contributed by atoms with Crippen molar-refractivity contribution in [1.82, 2.24) is 14.8 Å². The number of amides is 1. The Balaban J connectivity index is 1.34. The maximum Gasteiger partial charge on any atom is 0.253 e. The minimum atomic E-state index is -0.0248. The normalized spacial score (nSPS) is 24.7. The number of nitrogens with zero attached hydrogens (tertiary/aromatic N) is 2. The Kier molecular flexibility index (Phi) is 5.36. The van der Waals surface area contributed by atoms with E-state index in [1.807, 2.05) is 17.0 Å². The summed E-state index contributed by atoms with van der Waals surface area (Å²) in [5.74, 6) is 0.910. The number of hydrogen-bond acceptors (Lipinski definition) is 3. The molecule has 2 atom stereocenters. The molecule has 2 fully saturated rings. The van der Waals surface area contributed by atoms with Crippen LogP contribution in [0.4, 0.5) is 0 Å². The Morgan fingerprint density at radius 1 is 1.12 bits per heavy atom. The van der Waals surface area contributed by atoms with E-state index >= 15 is 0 Å². The van der Waals surface area contributed by atoms with Gasteiger partial charge >= 0.3 is 0 Å². The summed E-state index contributed by atoms with van der Waals surface area (Å²) in [6.07, 6.45) is 9.37. The van der Waals surface area contributed by atoms with E-state index in [0.29, 0.717) is 12.1 Å². The van der Waals surface area contributed by atoms with E-state index in [1.54, 1.807) is 7.11 Å². The average molecular weight is 436 g/mol. The number of rotatable bonds is 2. The Labute approximate surface area is 192 Å². The molecule has 3 aliphatic rings. The van der Waals surface area contributed by atoms with Crippen LogP contribution < -0.4 is 10.1 Å². The molecule has 1 aromatic heterocycles. The van der Waals surface area contributed by atoms with Gasteiger partial charge in [0.2, 0.25) is 0 Å². The fraction of sp³-hybridized carbons (Fsp3) is 0.593. The summed E-state index contributed by atoms with van der Waals surface area (Å²) in [5, 5.41) is 4.08. The third-order valence-corrected chi connectivity index (χ3v) is 7.98. The van der Waals surface area contributed by atoms with Gasteiger partial charge in [-0.05, 0) is 60.9 Å². The quantitative estimate of drug-likeness (QED) is 0.721. The predicted octanol–water partition coefficient (Wildman–Crippen LogP) is 5.01. The molecule has 5 nitrogen and oxygen atoms in total. The molecular weight excluding hydrogens is 398 g/mol. The number of benzene rings is 1. The zero-order valence-electron chi connectivity index (χ0n) is 20.0. The molecule has 2 aliphatic heterocycles. The van der Waals surface area contributed by atoms with Crippen molar-refractivity contribution in [3.63, 3.8) is 0 Å². The number of carbonyl (C=O) groups is 1. The second-order valence-corrected chi connectivity index (χ2v) is 10.9. The lowest BCUT2D eigenvalue weighted by Crippen LogP contribution is -2.61. The second-order valence-electron chi connectivity index (χ2n) is 10.9. The first-order chi connectivity index (χ1) is 15.3. The van der Waals surface area contributed by atoms with Gasteiger partial charge in [-0.3, -0.25) is 4.79 Å². The molecule has 1 spiro atoms. The fourth-order valence-electron chi connectivity index (χ4n) is 6.25. The number of fused-ring (bicyclic) bond motifs is 4. The van der Waals surface area contributed by atoms with Crippen LogP contribution in [0.1, 0.15) is 87.0 Å². The monoisotopic (exact) mass is 435 g/mol. The average Bonchev–Trinajstić information content (AvgIpc) is 3.30. The van der Waals surface area contributed by atoms with E-state index in [0.717, 1.165) is 42.8 Å². The van der Waals surface area contributed by atoms with Crippen LogP contribution in [0.15, 0.2) is 36.5 Å².